The highest BCUT2D eigenvalue weighted by Gasteiger charge is 2.39. The number of para-hydroxylation sites is 1. The molecule has 2 heteroatoms. The average molecular weight is 491 g/mol. The second-order valence-corrected chi connectivity index (χ2v) is 10.3. The van der Waals surface area contributed by atoms with Gasteiger partial charge >= 0.3 is 0 Å². The molecular formula is C36H30N2. The molecule has 0 bridgehead atoms. The van der Waals surface area contributed by atoms with Crippen molar-refractivity contribution in [1.29, 1.82) is 0 Å². The highest BCUT2D eigenvalue weighted by atomic mass is 15.1. The van der Waals surface area contributed by atoms with Gasteiger partial charge in [-0.25, -0.2) is 0 Å². The van der Waals surface area contributed by atoms with Crippen molar-refractivity contribution < 1.29 is 0 Å². The van der Waals surface area contributed by atoms with Crippen LogP contribution in [0.15, 0.2) is 133 Å². The summed E-state index contributed by atoms with van der Waals surface area (Å²) < 4.78 is 0. The maximum atomic E-state index is 2.39. The molecule has 2 aliphatic rings. The molecule has 0 radical (unpaired) electrons. The Hall–Kier alpha value is -4.56. The zero-order valence-corrected chi connectivity index (χ0v) is 21.5. The first-order valence-corrected chi connectivity index (χ1v) is 13.4. The number of allylic oxidation sites excluding steroid dienone is 1. The molecule has 1 fully saturated rings. The highest BCUT2D eigenvalue weighted by Crippen LogP contribution is 2.53. The Morgan fingerprint density at radius 3 is 1.82 bits per heavy atom. The standard InChI is InChI=1S/C36H30N2/c1-37(34-22-23-35-28(24-34)12-13-29-25-36(29)35)30-18-20-33(21-19-30)38(31-10-6-3-7-11-31)32-16-14-27(15-17-32)26-8-4-2-5-9-26/h2-24,29,36H,25H2,1H3. The first-order valence-electron chi connectivity index (χ1n) is 13.4. The van der Waals surface area contributed by atoms with Crippen LogP contribution in [0.25, 0.3) is 17.2 Å². The lowest BCUT2D eigenvalue weighted by Crippen LogP contribution is -2.12. The van der Waals surface area contributed by atoms with Crippen molar-refractivity contribution in [1.82, 2.24) is 0 Å². The van der Waals surface area contributed by atoms with E-state index in [2.05, 4.69) is 156 Å². The Morgan fingerprint density at radius 2 is 1.11 bits per heavy atom. The lowest BCUT2D eigenvalue weighted by atomic mass is 9.96. The molecule has 2 aliphatic carbocycles. The van der Waals surface area contributed by atoms with Gasteiger partial charge in [-0.05, 0) is 101 Å². The van der Waals surface area contributed by atoms with E-state index in [1.54, 1.807) is 0 Å². The Kier molecular flexibility index (Phi) is 5.59. The minimum Gasteiger partial charge on any atom is -0.345 e. The third-order valence-corrected chi connectivity index (χ3v) is 7.96. The molecule has 2 atom stereocenters. The summed E-state index contributed by atoms with van der Waals surface area (Å²) in [4.78, 5) is 4.59. The van der Waals surface area contributed by atoms with Crippen LogP contribution in [0, 0.1) is 5.92 Å². The molecule has 0 aromatic heterocycles. The maximum absolute atomic E-state index is 2.39. The van der Waals surface area contributed by atoms with E-state index in [9.17, 15) is 0 Å². The monoisotopic (exact) mass is 490 g/mol. The Balaban J connectivity index is 1.19. The number of rotatable bonds is 6. The molecule has 0 spiro atoms. The highest BCUT2D eigenvalue weighted by molar-refractivity contribution is 5.80. The van der Waals surface area contributed by atoms with Crippen molar-refractivity contribution >= 4 is 34.5 Å². The minimum absolute atomic E-state index is 0.749. The van der Waals surface area contributed by atoms with Crippen LogP contribution in [0.1, 0.15) is 23.5 Å². The van der Waals surface area contributed by atoms with Crippen LogP contribution in [0.2, 0.25) is 0 Å². The molecule has 0 aliphatic heterocycles. The largest absolute Gasteiger partial charge is 0.345 e. The summed E-state index contributed by atoms with van der Waals surface area (Å²) >= 11 is 0. The van der Waals surface area contributed by atoms with Gasteiger partial charge in [-0.1, -0.05) is 78.9 Å². The minimum atomic E-state index is 0.749. The lowest BCUT2D eigenvalue weighted by molar-refractivity contribution is 0.994. The van der Waals surface area contributed by atoms with Crippen molar-refractivity contribution in [2.75, 3.05) is 16.8 Å². The summed E-state index contributed by atoms with van der Waals surface area (Å²) in [7, 11) is 2.15. The molecule has 2 unspecified atom stereocenters. The molecule has 0 saturated heterocycles. The molecule has 0 N–H and O–H groups in total. The van der Waals surface area contributed by atoms with E-state index < -0.39 is 0 Å². The van der Waals surface area contributed by atoms with Crippen molar-refractivity contribution in [2.45, 2.75) is 12.3 Å². The number of nitrogens with zero attached hydrogens (tertiary/aromatic N) is 2. The summed E-state index contributed by atoms with van der Waals surface area (Å²) in [6, 6.07) is 45.8. The first-order chi connectivity index (χ1) is 18.7. The molecule has 38 heavy (non-hydrogen) atoms. The van der Waals surface area contributed by atoms with Crippen molar-refractivity contribution in [3.8, 4) is 11.1 Å². The fourth-order valence-corrected chi connectivity index (χ4v) is 5.70. The number of hydrogen-bond acceptors (Lipinski definition) is 2. The van der Waals surface area contributed by atoms with Gasteiger partial charge in [0, 0.05) is 35.5 Å². The van der Waals surface area contributed by atoms with Gasteiger partial charge in [-0.2, -0.15) is 0 Å². The Bertz CT molecular complexity index is 1590. The number of hydrogen-bond donors (Lipinski definition) is 0. The smallest absolute Gasteiger partial charge is 0.0463 e. The fraction of sp³-hybridized carbons (Fsp3) is 0.111. The third-order valence-electron chi connectivity index (χ3n) is 7.96. The molecule has 7 rings (SSSR count). The predicted molar refractivity (Wildman–Crippen MR) is 161 cm³/mol. The Labute approximate surface area is 225 Å². The Morgan fingerprint density at radius 1 is 0.553 bits per heavy atom. The summed E-state index contributed by atoms with van der Waals surface area (Å²) in [6.07, 6.45) is 6.01. The molecule has 5 aromatic rings. The number of fused-ring (bicyclic) bond motifs is 3. The van der Waals surface area contributed by atoms with Gasteiger partial charge in [0.15, 0.2) is 0 Å². The van der Waals surface area contributed by atoms with Gasteiger partial charge in [0.1, 0.15) is 0 Å². The summed E-state index contributed by atoms with van der Waals surface area (Å²) in [6.45, 7) is 0. The average Bonchev–Trinajstić information content (AvgIpc) is 3.79. The van der Waals surface area contributed by atoms with Crippen LogP contribution in [0.3, 0.4) is 0 Å². The predicted octanol–water partition coefficient (Wildman–Crippen LogP) is 9.72. The van der Waals surface area contributed by atoms with Crippen LogP contribution in [-0.4, -0.2) is 7.05 Å². The van der Waals surface area contributed by atoms with E-state index in [-0.39, 0.29) is 0 Å². The van der Waals surface area contributed by atoms with Crippen LogP contribution >= 0.6 is 0 Å². The van der Waals surface area contributed by atoms with Crippen LogP contribution in [-0.2, 0) is 0 Å². The van der Waals surface area contributed by atoms with E-state index in [1.165, 1.54) is 40.0 Å². The van der Waals surface area contributed by atoms with Crippen molar-refractivity contribution in [2.24, 2.45) is 5.92 Å². The van der Waals surface area contributed by atoms with Crippen LogP contribution in [0.5, 0.6) is 0 Å². The van der Waals surface area contributed by atoms with E-state index in [0.717, 1.165) is 28.9 Å². The third kappa shape index (κ3) is 4.18. The summed E-state index contributed by atoms with van der Waals surface area (Å²) in [5.74, 6) is 1.53. The van der Waals surface area contributed by atoms with Crippen LogP contribution < -0.4 is 9.80 Å². The lowest BCUT2D eigenvalue weighted by Gasteiger charge is -2.27. The maximum Gasteiger partial charge on any atom is 0.0463 e. The molecule has 0 amide bonds. The van der Waals surface area contributed by atoms with Crippen LogP contribution in [0.4, 0.5) is 28.4 Å². The number of benzene rings is 5. The van der Waals surface area contributed by atoms with Gasteiger partial charge in [-0.3, -0.25) is 0 Å². The fourth-order valence-electron chi connectivity index (χ4n) is 5.70. The van der Waals surface area contributed by atoms with Gasteiger partial charge in [0.25, 0.3) is 0 Å². The molecular weight excluding hydrogens is 460 g/mol. The van der Waals surface area contributed by atoms with Gasteiger partial charge in [0.2, 0.25) is 0 Å². The molecule has 1 saturated carbocycles. The molecule has 5 aromatic carbocycles. The van der Waals surface area contributed by atoms with E-state index in [1.807, 2.05) is 0 Å². The van der Waals surface area contributed by atoms with Gasteiger partial charge < -0.3 is 9.80 Å². The second-order valence-electron chi connectivity index (χ2n) is 10.3. The van der Waals surface area contributed by atoms with E-state index >= 15 is 0 Å². The molecule has 2 nitrogen and oxygen atoms in total. The van der Waals surface area contributed by atoms with Crippen molar-refractivity contribution in [3.05, 3.63) is 145 Å². The van der Waals surface area contributed by atoms with E-state index in [0.29, 0.717) is 0 Å². The normalized spacial score (nSPS) is 16.9. The quantitative estimate of drug-likeness (QED) is 0.234. The zero-order chi connectivity index (χ0) is 25.5. The summed E-state index contributed by atoms with van der Waals surface area (Å²) in [5.41, 5.74) is 11.1. The van der Waals surface area contributed by atoms with Gasteiger partial charge in [-0.15, -0.1) is 0 Å². The second kappa shape index (κ2) is 9.39. The molecule has 0 heterocycles. The topological polar surface area (TPSA) is 6.48 Å². The SMILES string of the molecule is CN(c1ccc(N(c2ccccc2)c2ccc(-c3ccccc3)cc2)cc1)c1ccc2c(c1)C=CC1CC21. The summed E-state index contributed by atoms with van der Waals surface area (Å²) in [5, 5.41) is 0. The van der Waals surface area contributed by atoms with E-state index in [4.69, 9.17) is 0 Å². The number of anilines is 5. The van der Waals surface area contributed by atoms with Crippen molar-refractivity contribution in [3.63, 3.8) is 0 Å². The first kappa shape index (κ1) is 22.6. The zero-order valence-electron chi connectivity index (χ0n) is 21.5. The van der Waals surface area contributed by atoms with Gasteiger partial charge in [0.05, 0.1) is 0 Å². The molecule has 184 valence electrons.